The van der Waals surface area contributed by atoms with Gasteiger partial charge in [0.05, 0.1) is 25.6 Å². The zero-order chi connectivity index (χ0) is 14.4. The smallest absolute Gasteiger partial charge is 0.303 e. The second-order valence-electron chi connectivity index (χ2n) is 5.59. The van der Waals surface area contributed by atoms with E-state index in [0.717, 1.165) is 19.3 Å². The predicted octanol–water partition coefficient (Wildman–Crippen LogP) is 3.14. The molecule has 1 N–H and O–H groups in total. The number of methoxy groups -OCH3 is 1. The molecule has 2 rings (SSSR count). The zero-order valence-corrected chi connectivity index (χ0v) is 12.0. The SMILES string of the molecule is COC=C[C@H]1[C@@H](CC=CCCCC(=O)O)[C@H]2CC[C@@H]1O2. The first kappa shape index (κ1) is 15.1. The van der Waals surface area contributed by atoms with Gasteiger partial charge < -0.3 is 14.6 Å². The summed E-state index contributed by atoms with van der Waals surface area (Å²) < 4.78 is 11.0. The summed E-state index contributed by atoms with van der Waals surface area (Å²) in [4.78, 5) is 10.4. The van der Waals surface area contributed by atoms with Crippen molar-refractivity contribution in [2.24, 2.45) is 11.8 Å². The zero-order valence-electron chi connectivity index (χ0n) is 12.0. The lowest BCUT2D eigenvalue weighted by molar-refractivity contribution is -0.137. The maximum Gasteiger partial charge on any atom is 0.303 e. The number of carboxylic acids is 1. The summed E-state index contributed by atoms with van der Waals surface area (Å²) in [7, 11) is 1.67. The van der Waals surface area contributed by atoms with Gasteiger partial charge in [0, 0.05) is 12.3 Å². The Morgan fingerprint density at radius 2 is 2.15 bits per heavy atom. The van der Waals surface area contributed by atoms with Crippen molar-refractivity contribution in [2.45, 2.75) is 50.7 Å². The van der Waals surface area contributed by atoms with E-state index in [1.807, 2.05) is 0 Å². The van der Waals surface area contributed by atoms with Crippen LogP contribution in [0.5, 0.6) is 0 Å². The van der Waals surface area contributed by atoms with Gasteiger partial charge in [0.15, 0.2) is 0 Å². The molecule has 4 atom stereocenters. The molecule has 4 nitrogen and oxygen atoms in total. The Hall–Kier alpha value is -1.29. The van der Waals surface area contributed by atoms with Crippen molar-refractivity contribution >= 4 is 5.97 Å². The van der Waals surface area contributed by atoms with Gasteiger partial charge in [-0.2, -0.15) is 0 Å². The predicted molar refractivity (Wildman–Crippen MR) is 76.3 cm³/mol. The second kappa shape index (κ2) is 7.48. The molecule has 0 radical (unpaired) electrons. The molecule has 112 valence electrons. The average Bonchev–Trinajstić information content (AvgIpc) is 3.01. The van der Waals surface area contributed by atoms with Gasteiger partial charge >= 0.3 is 5.97 Å². The van der Waals surface area contributed by atoms with Crippen LogP contribution in [0.15, 0.2) is 24.5 Å². The van der Waals surface area contributed by atoms with Gasteiger partial charge in [-0.25, -0.2) is 0 Å². The molecule has 2 aliphatic heterocycles. The van der Waals surface area contributed by atoms with E-state index in [1.165, 1.54) is 6.42 Å². The number of hydrogen-bond donors (Lipinski definition) is 1. The van der Waals surface area contributed by atoms with Crippen molar-refractivity contribution in [3.63, 3.8) is 0 Å². The van der Waals surface area contributed by atoms with Gasteiger partial charge in [0.1, 0.15) is 0 Å². The highest BCUT2D eigenvalue weighted by Crippen LogP contribution is 2.45. The number of rotatable bonds is 8. The number of fused-ring (bicyclic) bond motifs is 2. The molecule has 2 fully saturated rings. The van der Waals surface area contributed by atoms with Crippen LogP contribution in [0.25, 0.3) is 0 Å². The Morgan fingerprint density at radius 3 is 2.90 bits per heavy atom. The van der Waals surface area contributed by atoms with Gasteiger partial charge in [-0.15, -0.1) is 0 Å². The first-order chi connectivity index (χ1) is 9.72. The maximum absolute atomic E-state index is 10.4. The number of aliphatic carboxylic acids is 1. The molecule has 0 aromatic heterocycles. The second-order valence-corrected chi connectivity index (χ2v) is 5.59. The number of carbonyl (C=O) groups is 1. The van der Waals surface area contributed by atoms with E-state index in [4.69, 9.17) is 14.6 Å². The van der Waals surface area contributed by atoms with Crippen LogP contribution in [0.4, 0.5) is 0 Å². The molecule has 0 aromatic carbocycles. The topological polar surface area (TPSA) is 55.8 Å². The third-order valence-corrected chi connectivity index (χ3v) is 4.26. The third kappa shape index (κ3) is 3.85. The molecule has 2 heterocycles. The van der Waals surface area contributed by atoms with E-state index in [-0.39, 0.29) is 6.42 Å². The molecule has 0 saturated carbocycles. The normalized spacial score (nSPS) is 32.5. The van der Waals surface area contributed by atoms with E-state index < -0.39 is 5.97 Å². The molecule has 4 heteroatoms. The Kier molecular flexibility index (Phi) is 5.65. The van der Waals surface area contributed by atoms with Crippen molar-refractivity contribution in [3.05, 3.63) is 24.5 Å². The van der Waals surface area contributed by atoms with Crippen LogP contribution in [0.2, 0.25) is 0 Å². The first-order valence-corrected chi connectivity index (χ1v) is 7.44. The molecule has 2 aliphatic rings. The van der Waals surface area contributed by atoms with Crippen LogP contribution in [-0.2, 0) is 14.3 Å². The monoisotopic (exact) mass is 280 g/mol. The van der Waals surface area contributed by atoms with Crippen molar-refractivity contribution in [3.8, 4) is 0 Å². The fourth-order valence-electron chi connectivity index (χ4n) is 3.30. The van der Waals surface area contributed by atoms with Crippen molar-refractivity contribution in [2.75, 3.05) is 7.11 Å². The summed E-state index contributed by atoms with van der Waals surface area (Å²) in [5.41, 5.74) is 0. The summed E-state index contributed by atoms with van der Waals surface area (Å²) in [5, 5.41) is 8.57. The highest BCUT2D eigenvalue weighted by molar-refractivity contribution is 5.66. The minimum atomic E-state index is -0.718. The molecule has 0 unspecified atom stereocenters. The summed E-state index contributed by atoms with van der Waals surface area (Å²) in [5.74, 6) is 0.276. The Balaban J connectivity index is 1.77. The van der Waals surface area contributed by atoms with Crippen LogP contribution >= 0.6 is 0 Å². The van der Waals surface area contributed by atoms with Crippen LogP contribution in [0, 0.1) is 11.8 Å². The minimum absolute atomic E-state index is 0.251. The van der Waals surface area contributed by atoms with Crippen molar-refractivity contribution in [1.29, 1.82) is 0 Å². The standard InChI is InChI=1S/C16H24O4/c1-19-11-10-13-12(14-8-9-15(13)20-14)6-4-2-3-5-7-16(17)18/h2,4,10-15H,3,5-9H2,1H3,(H,17,18)/t12-,13+,14-,15+/m1/s1. The van der Waals surface area contributed by atoms with Crippen LogP contribution in [-0.4, -0.2) is 30.4 Å². The lowest BCUT2D eigenvalue weighted by Gasteiger charge is -2.24. The number of carboxylic acid groups (broad SMARTS) is 1. The fraction of sp³-hybridized carbons (Fsp3) is 0.688. The Bertz CT molecular complexity index is 375. The van der Waals surface area contributed by atoms with Gasteiger partial charge in [-0.05, 0) is 44.1 Å². The van der Waals surface area contributed by atoms with E-state index >= 15 is 0 Å². The maximum atomic E-state index is 10.4. The fourth-order valence-corrected chi connectivity index (χ4v) is 3.30. The largest absolute Gasteiger partial charge is 0.505 e. The van der Waals surface area contributed by atoms with Gasteiger partial charge in [0.25, 0.3) is 0 Å². The lowest BCUT2D eigenvalue weighted by atomic mass is 9.77. The molecule has 20 heavy (non-hydrogen) atoms. The van der Waals surface area contributed by atoms with Crippen molar-refractivity contribution < 1.29 is 19.4 Å². The van der Waals surface area contributed by atoms with Crippen molar-refractivity contribution in [1.82, 2.24) is 0 Å². The first-order valence-electron chi connectivity index (χ1n) is 7.44. The van der Waals surface area contributed by atoms with Crippen LogP contribution in [0.3, 0.4) is 0 Å². The molecular formula is C16H24O4. The summed E-state index contributed by atoms with van der Waals surface area (Å²) in [6, 6.07) is 0. The summed E-state index contributed by atoms with van der Waals surface area (Å²) in [6.07, 6.45) is 14.1. The summed E-state index contributed by atoms with van der Waals surface area (Å²) in [6.45, 7) is 0. The van der Waals surface area contributed by atoms with E-state index in [2.05, 4.69) is 18.2 Å². The molecule has 0 spiro atoms. The van der Waals surface area contributed by atoms with E-state index in [1.54, 1.807) is 13.4 Å². The highest BCUT2D eigenvalue weighted by atomic mass is 16.5. The number of unbranched alkanes of at least 4 members (excludes halogenated alkanes) is 1. The van der Waals surface area contributed by atoms with Crippen LogP contribution < -0.4 is 0 Å². The highest BCUT2D eigenvalue weighted by Gasteiger charge is 2.46. The number of ether oxygens (including phenoxy) is 2. The average molecular weight is 280 g/mol. The van der Waals surface area contributed by atoms with Gasteiger partial charge in [-0.3, -0.25) is 4.79 Å². The molecule has 0 amide bonds. The van der Waals surface area contributed by atoms with Gasteiger partial charge in [0.2, 0.25) is 0 Å². The molecule has 0 aliphatic carbocycles. The number of hydrogen-bond acceptors (Lipinski definition) is 3. The van der Waals surface area contributed by atoms with Crippen LogP contribution in [0.1, 0.15) is 38.5 Å². The Morgan fingerprint density at radius 1 is 1.35 bits per heavy atom. The lowest BCUT2D eigenvalue weighted by Crippen LogP contribution is -2.25. The summed E-state index contributed by atoms with van der Waals surface area (Å²) >= 11 is 0. The number of allylic oxidation sites excluding steroid dienone is 2. The van der Waals surface area contributed by atoms with E-state index in [9.17, 15) is 4.79 Å². The molecular weight excluding hydrogens is 256 g/mol. The van der Waals surface area contributed by atoms with Gasteiger partial charge in [-0.1, -0.05) is 12.2 Å². The molecule has 0 aromatic rings. The minimum Gasteiger partial charge on any atom is -0.505 e. The van der Waals surface area contributed by atoms with E-state index in [0.29, 0.717) is 30.5 Å². The Labute approximate surface area is 120 Å². The quantitative estimate of drug-likeness (QED) is 0.421. The molecule has 2 saturated heterocycles. The third-order valence-electron chi connectivity index (χ3n) is 4.26. The molecule has 2 bridgehead atoms.